The van der Waals surface area contributed by atoms with Crippen LogP contribution in [0.25, 0.3) is 11.1 Å². The van der Waals surface area contributed by atoms with Gasteiger partial charge in [0.15, 0.2) is 6.10 Å². The molecule has 2 aromatic carbocycles. The molecule has 6 nitrogen and oxygen atoms in total. The fourth-order valence-corrected chi connectivity index (χ4v) is 4.34. The molecule has 7 heteroatoms. The number of carbonyl (C=O) groups is 1. The van der Waals surface area contributed by atoms with Gasteiger partial charge in [-0.2, -0.15) is 0 Å². The highest BCUT2D eigenvalue weighted by Gasteiger charge is 2.34. The van der Waals surface area contributed by atoms with Crippen LogP contribution in [0.5, 0.6) is 5.75 Å². The second-order valence-electron chi connectivity index (χ2n) is 7.75. The van der Waals surface area contributed by atoms with E-state index in [2.05, 4.69) is 15.6 Å². The highest BCUT2D eigenvalue weighted by molar-refractivity contribution is 6.31. The number of nitrogens with zero attached hydrogens (tertiary/aromatic N) is 2. The minimum atomic E-state index is -0.505. The lowest BCUT2D eigenvalue weighted by molar-refractivity contribution is -0.138. The molecule has 3 aromatic rings. The zero-order chi connectivity index (χ0) is 21.2. The summed E-state index contributed by atoms with van der Waals surface area (Å²) in [5.74, 6) is 1.50. The van der Waals surface area contributed by atoms with Crippen molar-refractivity contribution in [2.45, 2.75) is 12.5 Å². The van der Waals surface area contributed by atoms with Crippen molar-refractivity contribution in [3.8, 4) is 16.9 Å². The van der Waals surface area contributed by atoms with Gasteiger partial charge < -0.3 is 20.3 Å². The Kier molecular flexibility index (Phi) is 5.49. The number of piperazine rings is 1. The first-order chi connectivity index (χ1) is 15.2. The lowest BCUT2D eigenvalue weighted by Gasteiger charge is -2.29. The van der Waals surface area contributed by atoms with Gasteiger partial charge in [-0.3, -0.25) is 4.79 Å². The number of amides is 1. The van der Waals surface area contributed by atoms with Gasteiger partial charge in [0.25, 0.3) is 5.91 Å². The Hall–Kier alpha value is -3.09. The molecule has 0 spiro atoms. The molecular formula is C24H23ClN4O2. The van der Waals surface area contributed by atoms with E-state index in [1.165, 1.54) is 0 Å². The summed E-state index contributed by atoms with van der Waals surface area (Å²) < 4.78 is 6.21. The normalized spacial score (nSPS) is 17.7. The Morgan fingerprint density at radius 2 is 1.94 bits per heavy atom. The van der Waals surface area contributed by atoms with Gasteiger partial charge in [-0.1, -0.05) is 29.8 Å². The molecule has 3 heterocycles. The zero-order valence-corrected chi connectivity index (χ0v) is 17.7. The average molecular weight is 435 g/mol. The summed E-state index contributed by atoms with van der Waals surface area (Å²) in [5.41, 5.74) is 3.73. The number of rotatable bonds is 4. The third kappa shape index (κ3) is 4.22. The molecule has 0 bridgehead atoms. The first-order valence-corrected chi connectivity index (χ1v) is 10.8. The molecule has 2 aliphatic rings. The van der Waals surface area contributed by atoms with E-state index in [-0.39, 0.29) is 5.91 Å². The van der Waals surface area contributed by atoms with Crippen LogP contribution in [0.3, 0.4) is 0 Å². The molecule has 5 rings (SSSR count). The van der Waals surface area contributed by atoms with Crippen LogP contribution in [-0.4, -0.2) is 48.1 Å². The second-order valence-corrected chi connectivity index (χ2v) is 8.18. The summed E-state index contributed by atoms with van der Waals surface area (Å²) in [5, 5.41) is 7.22. The zero-order valence-electron chi connectivity index (χ0n) is 17.0. The molecule has 1 aromatic heterocycles. The van der Waals surface area contributed by atoms with Gasteiger partial charge in [-0.25, -0.2) is 4.98 Å². The summed E-state index contributed by atoms with van der Waals surface area (Å²) in [6.45, 7) is 3.05. The van der Waals surface area contributed by atoms with Gasteiger partial charge in [0, 0.05) is 60.6 Å². The number of aromatic nitrogens is 1. The third-order valence-corrected chi connectivity index (χ3v) is 5.84. The second kappa shape index (κ2) is 8.57. The Balaban J connectivity index is 1.42. The lowest BCUT2D eigenvalue weighted by Crippen LogP contribution is -2.50. The maximum Gasteiger partial charge on any atom is 0.264 e. The molecule has 1 amide bonds. The van der Waals surface area contributed by atoms with Crippen molar-refractivity contribution in [2.24, 2.45) is 0 Å². The Morgan fingerprint density at radius 3 is 2.74 bits per heavy atom. The van der Waals surface area contributed by atoms with Crippen LogP contribution in [0.2, 0.25) is 5.02 Å². The summed E-state index contributed by atoms with van der Waals surface area (Å²) in [6.07, 6.45) is 1.78. The van der Waals surface area contributed by atoms with E-state index in [4.69, 9.17) is 16.3 Å². The van der Waals surface area contributed by atoms with Crippen molar-refractivity contribution in [1.29, 1.82) is 0 Å². The summed E-state index contributed by atoms with van der Waals surface area (Å²) >= 11 is 6.43. The number of pyridine rings is 1. The van der Waals surface area contributed by atoms with E-state index in [0.717, 1.165) is 47.0 Å². The number of anilines is 2. The van der Waals surface area contributed by atoms with Crippen LogP contribution < -0.4 is 15.4 Å². The number of halogens is 1. The van der Waals surface area contributed by atoms with Gasteiger partial charge in [0.05, 0.1) is 0 Å². The summed E-state index contributed by atoms with van der Waals surface area (Å²) in [6, 6.07) is 17.6. The van der Waals surface area contributed by atoms with Crippen molar-refractivity contribution in [3.63, 3.8) is 0 Å². The molecule has 0 radical (unpaired) electrons. The number of fused-ring (bicyclic) bond motifs is 1. The van der Waals surface area contributed by atoms with Crippen LogP contribution >= 0.6 is 11.6 Å². The van der Waals surface area contributed by atoms with E-state index < -0.39 is 6.10 Å². The van der Waals surface area contributed by atoms with Crippen LogP contribution in [-0.2, 0) is 11.2 Å². The van der Waals surface area contributed by atoms with Crippen molar-refractivity contribution in [1.82, 2.24) is 15.2 Å². The van der Waals surface area contributed by atoms with E-state index in [1.807, 2.05) is 59.5 Å². The molecule has 0 saturated carbocycles. The molecule has 1 atom stereocenters. The largest absolute Gasteiger partial charge is 0.479 e. The fourth-order valence-electron chi connectivity index (χ4n) is 4.10. The molecule has 158 valence electrons. The predicted molar refractivity (Wildman–Crippen MR) is 122 cm³/mol. The van der Waals surface area contributed by atoms with Crippen molar-refractivity contribution in [2.75, 3.05) is 31.5 Å². The first kappa shape index (κ1) is 19.8. The van der Waals surface area contributed by atoms with Gasteiger partial charge >= 0.3 is 0 Å². The van der Waals surface area contributed by atoms with E-state index >= 15 is 0 Å². The molecular weight excluding hydrogens is 412 g/mol. The molecule has 0 aliphatic carbocycles. The van der Waals surface area contributed by atoms with Gasteiger partial charge in [0.2, 0.25) is 0 Å². The fraction of sp³-hybridized carbons (Fsp3) is 0.250. The highest BCUT2D eigenvalue weighted by Crippen LogP contribution is 2.42. The van der Waals surface area contributed by atoms with Gasteiger partial charge in [-0.05, 0) is 42.0 Å². The number of para-hydroxylation sites is 1. The Morgan fingerprint density at radius 1 is 1.13 bits per heavy atom. The lowest BCUT2D eigenvalue weighted by atomic mass is 10.0. The number of carbonyl (C=O) groups excluding carboxylic acids is 1. The quantitative estimate of drug-likeness (QED) is 0.652. The average Bonchev–Trinajstić information content (AvgIpc) is 3.23. The number of nitrogens with one attached hydrogen (secondary N) is 2. The topological polar surface area (TPSA) is 66.5 Å². The number of hydrogen-bond donors (Lipinski definition) is 2. The predicted octanol–water partition coefficient (Wildman–Crippen LogP) is 3.88. The molecule has 1 saturated heterocycles. The van der Waals surface area contributed by atoms with Crippen LogP contribution in [0.15, 0.2) is 60.8 Å². The Bertz CT molecular complexity index is 1100. The number of ether oxygens (including phenoxy) is 1. The maximum absolute atomic E-state index is 13.0. The van der Waals surface area contributed by atoms with Crippen LogP contribution in [0.1, 0.15) is 5.56 Å². The monoisotopic (exact) mass is 434 g/mol. The van der Waals surface area contributed by atoms with E-state index in [1.54, 1.807) is 6.20 Å². The SMILES string of the molecule is O=C(C1Cc2cc(Cl)cc(-c3ccnc(Nc4ccccc4)c3)c2O1)N1CCNCC1. The summed E-state index contributed by atoms with van der Waals surface area (Å²) in [7, 11) is 0. The molecule has 2 N–H and O–H groups in total. The van der Waals surface area contributed by atoms with Crippen molar-refractivity contribution < 1.29 is 9.53 Å². The smallest absolute Gasteiger partial charge is 0.264 e. The molecule has 31 heavy (non-hydrogen) atoms. The van der Waals surface area contributed by atoms with E-state index in [0.29, 0.717) is 24.5 Å². The minimum Gasteiger partial charge on any atom is -0.479 e. The Labute approximate surface area is 186 Å². The maximum atomic E-state index is 13.0. The van der Waals surface area contributed by atoms with E-state index in [9.17, 15) is 4.79 Å². The minimum absolute atomic E-state index is 0.0425. The standard InChI is InChI=1S/C24H23ClN4O2/c25-18-12-17-13-21(24(30)29-10-8-26-9-11-29)31-23(17)20(15-18)16-6-7-27-22(14-16)28-19-4-2-1-3-5-19/h1-7,12,14-15,21,26H,8-11,13H2,(H,27,28). The van der Waals surface area contributed by atoms with Crippen molar-refractivity contribution in [3.05, 3.63) is 71.4 Å². The molecule has 1 fully saturated rings. The third-order valence-electron chi connectivity index (χ3n) is 5.62. The van der Waals surface area contributed by atoms with Crippen LogP contribution in [0, 0.1) is 0 Å². The molecule has 1 unspecified atom stereocenters. The van der Waals surface area contributed by atoms with Gasteiger partial charge in [-0.15, -0.1) is 0 Å². The van der Waals surface area contributed by atoms with Crippen LogP contribution in [0.4, 0.5) is 11.5 Å². The summed E-state index contributed by atoms with van der Waals surface area (Å²) in [4.78, 5) is 19.3. The molecule has 2 aliphatic heterocycles. The number of hydrogen-bond acceptors (Lipinski definition) is 5. The van der Waals surface area contributed by atoms with Gasteiger partial charge in [0.1, 0.15) is 11.6 Å². The number of benzene rings is 2. The highest BCUT2D eigenvalue weighted by atomic mass is 35.5. The first-order valence-electron chi connectivity index (χ1n) is 10.4. The van der Waals surface area contributed by atoms with Crippen molar-refractivity contribution >= 4 is 29.0 Å².